The number of nitrogens with one attached hydrogen (secondary N) is 2. The predicted molar refractivity (Wildman–Crippen MR) is 121 cm³/mol. The zero-order valence-electron chi connectivity index (χ0n) is 16.6. The lowest BCUT2D eigenvalue weighted by molar-refractivity contribution is -0.116. The average Bonchev–Trinajstić information content (AvgIpc) is 3.41. The second kappa shape index (κ2) is 8.92. The lowest BCUT2D eigenvalue weighted by atomic mass is 10.2. The van der Waals surface area contributed by atoms with Gasteiger partial charge in [0.05, 0.1) is 15.9 Å². The maximum atomic E-state index is 12.2. The summed E-state index contributed by atoms with van der Waals surface area (Å²) in [6.07, 6.45) is 0.929. The molecule has 2 aromatic carbocycles. The van der Waals surface area contributed by atoms with Crippen LogP contribution in [-0.2, 0) is 11.8 Å². The van der Waals surface area contributed by atoms with Crippen LogP contribution in [0.3, 0.4) is 0 Å². The highest BCUT2D eigenvalue weighted by molar-refractivity contribution is 7.12. The fraction of sp³-hybridized carbons (Fsp3) is 0.174. The minimum Gasteiger partial charge on any atom is -0.351 e. The second-order valence-corrected chi connectivity index (χ2v) is 7.89. The van der Waals surface area contributed by atoms with Gasteiger partial charge in [-0.05, 0) is 54.3 Å². The zero-order chi connectivity index (χ0) is 20.9. The molecule has 0 aliphatic rings. The van der Waals surface area contributed by atoms with Crippen molar-refractivity contribution in [3.05, 3.63) is 70.9 Å². The van der Waals surface area contributed by atoms with Gasteiger partial charge >= 0.3 is 0 Å². The van der Waals surface area contributed by atoms with Gasteiger partial charge in [-0.1, -0.05) is 18.2 Å². The number of amides is 2. The van der Waals surface area contributed by atoms with E-state index in [9.17, 15) is 9.59 Å². The smallest absolute Gasteiger partial charge is 0.261 e. The molecule has 7 heteroatoms. The highest BCUT2D eigenvalue weighted by Gasteiger charge is 2.10. The Balaban J connectivity index is 1.29. The van der Waals surface area contributed by atoms with Crippen molar-refractivity contribution in [3.63, 3.8) is 0 Å². The first-order valence-corrected chi connectivity index (χ1v) is 10.6. The molecule has 0 bridgehead atoms. The van der Waals surface area contributed by atoms with E-state index in [1.807, 2.05) is 67.0 Å². The van der Waals surface area contributed by atoms with Crippen molar-refractivity contribution in [1.82, 2.24) is 14.9 Å². The number of carbonyl (C=O) groups excluding carboxylic acids is 2. The third kappa shape index (κ3) is 4.41. The van der Waals surface area contributed by atoms with Crippen molar-refractivity contribution in [1.29, 1.82) is 0 Å². The van der Waals surface area contributed by atoms with Crippen LogP contribution in [0, 0.1) is 0 Å². The number of fused-ring (bicyclic) bond motifs is 1. The van der Waals surface area contributed by atoms with Gasteiger partial charge in [0.15, 0.2) is 0 Å². The number of aromatic nitrogens is 2. The SMILES string of the molecule is Cn1c(-c2ccc(NC(=O)CCCNC(=O)c3cccs3)cc2)nc2ccccc21. The van der Waals surface area contributed by atoms with Gasteiger partial charge in [-0.2, -0.15) is 0 Å². The van der Waals surface area contributed by atoms with Crippen molar-refractivity contribution >= 4 is 39.9 Å². The van der Waals surface area contributed by atoms with Crippen LogP contribution >= 0.6 is 11.3 Å². The van der Waals surface area contributed by atoms with Gasteiger partial charge < -0.3 is 15.2 Å². The maximum absolute atomic E-state index is 12.2. The third-order valence-electron chi connectivity index (χ3n) is 4.83. The van der Waals surface area contributed by atoms with Crippen molar-refractivity contribution in [2.24, 2.45) is 7.05 Å². The molecule has 0 unspecified atom stereocenters. The second-order valence-electron chi connectivity index (χ2n) is 6.95. The number of hydrogen-bond donors (Lipinski definition) is 2. The molecule has 0 spiro atoms. The normalized spacial score (nSPS) is 10.8. The molecule has 2 heterocycles. The Labute approximate surface area is 178 Å². The summed E-state index contributed by atoms with van der Waals surface area (Å²) in [7, 11) is 2.00. The molecule has 0 atom stereocenters. The van der Waals surface area contributed by atoms with E-state index in [1.54, 1.807) is 6.07 Å². The molecule has 0 aliphatic heterocycles. The molecule has 4 rings (SSSR count). The Kier molecular flexibility index (Phi) is 5.90. The van der Waals surface area contributed by atoms with Gasteiger partial charge in [0.1, 0.15) is 5.82 Å². The summed E-state index contributed by atoms with van der Waals surface area (Å²) in [4.78, 5) is 29.4. The first kappa shape index (κ1) is 19.8. The van der Waals surface area contributed by atoms with Crippen LogP contribution in [0.5, 0.6) is 0 Å². The van der Waals surface area contributed by atoms with Crippen molar-refractivity contribution in [3.8, 4) is 11.4 Å². The number of hydrogen-bond acceptors (Lipinski definition) is 4. The van der Waals surface area contributed by atoms with Gasteiger partial charge in [-0.15, -0.1) is 11.3 Å². The molecule has 6 nitrogen and oxygen atoms in total. The number of para-hydroxylation sites is 2. The number of imidazole rings is 1. The number of benzene rings is 2. The standard InChI is InChI=1S/C23H22N4O2S/c1-27-19-7-3-2-6-18(19)26-22(27)16-10-12-17(13-11-16)25-21(28)9-4-14-24-23(29)20-8-5-15-30-20/h2-3,5-8,10-13,15H,4,9,14H2,1H3,(H,24,29)(H,25,28). The largest absolute Gasteiger partial charge is 0.351 e. The number of carbonyl (C=O) groups is 2. The molecular formula is C23H22N4O2S. The van der Waals surface area contributed by atoms with E-state index >= 15 is 0 Å². The molecule has 0 saturated heterocycles. The Morgan fingerprint density at radius 1 is 1.03 bits per heavy atom. The van der Waals surface area contributed by atoms with Crippen LogP contribution in [0.1, 0.15) is 22.5 Å². The molecular weight excluding hydrogens is 396 g/mol. The molecule has 2 amide bonds. The zero-order valence-corrected chi connectivity index (χ0v) is 17.4. The van der Waals surface area contributed by atoms with Gasteiger partial charge in [0.2, 0.25) is 5.91 Å². The van der Waals surface area contributed by atoms with Crippen LogP contribution < -0.4 is 10.6 Å². The Morgan fingerprint density at radius 2 is 1.83 bits per heavy atom. The lowest BCUT2D eigenvalue weighted by Crippen LogP contribution is -2.24. The molecule has 0 radical (unpaired) electrons. The van der Waals surface area contributed by atoms with E-state index in [4.69, 9.17) is 4.98 Å². The summed E-state index contributed by atoms with van der Waals surface area (Å²) in [6, 6.07) is 19.3. The highest BCUT2D eigenvalue weighted by Crippen LogP contribution is 2.24. The van der Waals surface area contributed by atoms with Crippen LogP contribution in [0.25, 0.3) is 22.4 Å². The number of thiophene rings is 1. The number of nitrogens with zero attached hydrogens (tertiary/aromatic N) is 2. The molecule has 2 N–H and O–H groups in total. The van der Waals surface area contributed by atoms with Gasteiger partial charge in [-0.25, -0.2) is 4.98 Å². The van der Waals surface area contributed by atoms with E-state index in [1.165, 1.54) is 11.3 Å². The number of anilines is 1. The molecule has 0 aliphatic carbocycles. The molecule has 4 aromatic rings. The minimum atomic E-state index is -0.0945. The highest BCUT2D eigenvalue weighted by atomic mass is 32.1. The fourth-order valence-corrected chi connectivity index (χ4v) is 3.92. The van der Waals surface area contributed by atoms with Crippen molar-refractivity contribution in [2.45, 2.75) is 12.8 Å². The quantitative estimate of drug-likeness (QED) is 0.435. The van der Waals surface area contributed by atoms with Crippen molar-refractivity contribution in [2.75, 3.05) is 11.9 Å². The molecule has 30 heavy (non-hydrogen) atoms. The minimum absolute atomic E-state index is 0.0733. The summed E-state index contributed by atoms with van der Waals surface area (Å²) in [5.41, 5.74) is 3.77. The first-order chi connectivity index (χ1) is 14.6. The monoisotopic (exact) mass is 418 g/mol. The average molecular weight is 419 g/mol. The first-order valence-electron chi connectivity index (χ1n) is 9.75. The van der Waals surface area contributed by atoms with Gasteiger partial charge in [-0.3, -0.25) is 9.59 Å². The van der Waals surface area contributed by atoms with E-state index in [0.717, 1.165) is 28.1 Å². The van der Waals surface area contributed by atoms with Gasteiger partial charge in [0.25, 0.3) is 5.91 Å². The van der Waals surface area contributed by atoms with E-state index in [2.05, 4.69) is 15.2 Å². The number of aryl methyl sites for hydroxylation is 1. The van der Waals surface area contributed by atoms with Crippen LogP contribution in [0.4, 0.5) is 5.69 Å². The van der Waals surface area contributed by atoms with Crippen LogP contribution in [-0.4, -0.2) is 27.9 Å². The summed E-state index contributed by atoms with van der Waals surface area (Å²) >= 11 is 1.40. The molecule has 2 aromatic heterocycles. The van der Waals surface area contributed by atoms with Crippen LogP contribution in [0.15, 0.2) is 66.0 Å². The number of rotatable bonds is 7. The Morgan fingerprint density at radius 3 is 2.57 bits per heavy atom. The summed E-state index contributed by atoms with van der Waals surface area (Å²) in [5.74, 6) is 0.717. The topological polar surface area (TPSA) is 76.0 Å². The molecule has 152 valence electrons. The Bertz CT molecular complexity index is 1160. The van der Waals surface area contributed by atoms with E-state index in [0.29, 0.717) is 24.3 Å². The van der Waals surface area contributed by atoms with Crippen LogP contribution in [0.2, 0.25) is 0 Å². The third-order valence-corrected chi connectivity index (χ3v) is 5.69. The predicted octanol–water partition coefficient (Wildman–Crippen LogP) is 4.45. The van der Waals surface area contributed by atoms with Crippen molar-refractivity contribution < 1.29 is 9.59 Å². The van der Waals surface area contributed by atoms with E-state index in [-0.39, 0.29) is 11.8 Å². The summed E-state index contributed by atoms with van der Waals surface area (Å²) < 4.78 is 2.06. The van der Waals surface area contributed by atoms with Gasteiger partial charge in [0, 0.05) is 31.3 Å². The lowest BCUT2D eigenvalue weighted by Gasteiger charge is -2.07. The molecule has 0 fully saturated rings. The fourth-order valence-electron chi connectivity index (χ4n) is 3.28. The summed E-state index contributed by atoms with van der Waals surface area (Å²) in [5, 5.41) is 7.59. The maximum Gasteiger partial charge on any atom is 0.261 e. The molecule has 0 saturated carbocycles. The Hall–Kier alpha value is -3.45. The summed E-state index contributed by atoms with van der Waals surface area (Å²) in [6.45, 7) is 0.468. The van der Waals surface area contributed by atoms with E-state index < -0.39 is 0 Å².